The van der Waals surface area contributed by atoms with Crippen LogP contribution in [0.5, 0.6) is 0 Å². The molecule has 0 N–H and O–H groups in total. The predicted molar refractivity (Wildman–Crippen MR) is 99.9 cm³/mol. The van der Waals surface area contributed by atoms with Gasteiger partial charge in [-0.05, 0) is 23.8 Å². The summed E-state index contributed by atoms with van der Waals surface area (Å²) in [5.41, 5.74) is 4.89. The molecule has 0 radical (unpaired) electrons. The molecule has 0 aromatic carbocycles. The van der Waals surface area contributed by atoms with Gasteiger partial charge in [-0.15, -0.1) is 0 Å². The molecule has 4 aromatic rings. The van der Waals surface area contributed by atoms with Crippen molar-refractivity contribution >= 4 is 23.6 Å². The highest BCUT2D eigenvalue weighted by Crippen LogP contribution is 2.28. The monoisotopic (exact) mass is 356 g/mol. The molecule has 0 atom stereocenters. The fraction of sp³-hybridized carbons (Fsp3) is 0.0500. The third kappa shape index (κ3) is 2.79. The average molecular weight is 356 g/mol. The highest BCUT2D eigenvalue weighted by molar-refractivity contribution is 5.74. The van der Waals surface area contributed by atoms with Crippen molar-refractivity contribution in [3.8, 4) is 11.3 Å². The lowest BCUT2D eigenvalue weighted by molar-refractivity contribution is 0.648. The molecule has 4 heterocycles. The molecule has 0 unspecified atom stereocenters. The molecule has 0 fully saturated rings. The molecule has 0 saturated heterocycles. The fourth-order valence-corrected chi connectivity index (χ4v) is 3.07. The van der Waals surface area contributed by atoms with E-state index in [2.05, 4.69) is 24.9 Å². The van der Waals surface area contributed by atoms with Gasteiger partial charge in [0.2, 0.25) is 0 Å². The van der Waals surface area contributed by atoms with Gasteiger partial charge >= 0.3 is 0 Å². The Hall–Kier alpha value is -3.74. The molecule has 0 saturated carbocycles. The van der Waals surface area contributed by atoms with Crippen molar-refractivity contribution < 1.29 is 4.39 Å². The van der Waals surface area contributed by atoms with Gasteiger partial charge in [0.1, 0.15) is 12.2 Å². The minimum atomic E-state index is -0.304. The number of rotatable bonds is 2. The van der Waals surface area contributed by atoms with Crippen molar-refractivity contribution in [1.82, 2.24) is 29.5 Å². The zero-order chi connectivity index (χ0) is 18.2. The number of halogens is 1. The van der Waals surface area contributed by atoms with Crippen molar-refractivity contribution in [3.63, 3.8) is 0 Å². The van der Waals surface area contributed by atoms with E-state index in [0.29, 0.717) is 34.7 Å². The lowest BCUT2D eigenvalue weighted by Crippen LogP contribution is -2.04. The minimum Gasteiger partial charge on any atom is -0.288 e. The number of aromatic nitrogens is 6. The summed E-state index contributed by atoms with van der Waals surface area (Å²) in [6.07, 6.45) is 12.0. The molecular formula is C20H13FN6. The molecule has 4 aromatic heterocycles. The van der Waals surface area contributed by atoms with E-state index in [1.165, 1.54) is 6.08 Å². The van der Waals surface area contributed by atoms with Gasteiger partial charge in [0.25, 0.3) is 0 Å². The van der Waals surface area contributed by atoms with E-state index < -0.39 is 0 Å². The lowest BCUT2D eigenvalue weighted by atomic mass is 9.97. The average Bonchev–Trinajstić information content (AvgIpc) is 3.11. The van der Waals surface area contributed by atoms with Gasteiger partial charge in [0.15, 0.2) is 11.3 Å². The molecule has 5 rings (SSSR count). The molecule has 0 bridgehead atoms. The summed E-state index contributed by atoms with van der Waals surface area (Å²) < 4.78 is 16.2. The summed E-state index contributed by atoms with van der Waals surface area (Å²) in [4.78, 5) is 21.5. The number of hydrogen-bond acceptors (Lipinski definition) is 5. The lowest BCUT2D eigenvalue weighted by Gasteiger charge is -2.14. The van der Waals surface area contributed by atoms with Crippen LogP contribution in [0, 0.1) is 0 Å². The van der Waals surface area contributed by atoms with Crippen LogP contribution in [-0.2, 0) is 6.42 Å². The summed E-state index contributed by atoms with van der Waals surface area (Å²) in [5, 5.41) is 0. The molecule has 1 aliphatic rings. The van der Waals surface area contributed by atoms with E-state index in [4.69, 9.17) is 0 Å². The molecule has 130 valence electrons. The van der Waals surface area contributed by atoms with Crippen molar-refractivity contribution in [2.24, 2.45) is 0 Å². The highest BCUT2D eigenvalue weighted by Gasteiger charge is 2.17. The Morgan fingerprint density at radius 3 is 2.81 bits per heavy atom. The number of pyridine rings is 2. The third-order valence-corrected chi connectivity index (χ3v) is 4.43. The van der Waals surface area contributed by atoms with Crippen molar-refractivity contribution in [1.29, 1.82) is 0 Å². The zero-order valence-corrected chi connectivity index (χ0v) is 14.1. The van der Waals surface area contributed by atoms with Gasteiger partial charge in [-0.2, -0.15) is 0 Å². The van der Waals surface area contributed by atoms with Crippen LogP contribution in [0.1, 0.15) is 11.3 Å². The highest BCUT2D eigenvalue weighted by atomic mass is 19.1. The summed E-state index contributed by atoms with van der Waals surface area (Å²) in [7, 11) is 0. The van der Waals surface area contributed by atoms with Gasteiger partial charge in [0, 0.05) is 48.4 Å². The van der Waals surface area contributed by atoms with Crippen LogP contribution in [0.2, 0.25) is 0 Å². The first kappa shape index (κ1) is 15.5. The fourth-order valence-electron chi connectivity index (χ4n) is 3.07. The largest absolute Gasteiger partial charge is 0.288 e. The zero-order valence-electron chi connectivity index (χ0n) is 14.1. The number of nitrogens with zero attached hydrogens (tertiary/aromatic N) is 6. The Bertz CT molecular complexity index is 1210. The first-order valence-corrected chi connectivity index (χ1v) is 8.40. The van der Waals surface area contributed by atoms with Crippen LogP contribution < -0.4 is 0 Å². The van der Waals surface area contributed by atoms with Crippen molar-refractivity contribution in [2.75, 3.05) is 0 Å². The van der Waals surface area contributed by atoms with Gasteiger partial charge in [-0.3, -0.25) is 14.5 Å². The van der Waals surface area contributed by atoms with Gasteiger partial charge in [-0.25, -0.2) is 19.3 Å². The standard InChI is InChI=1S/C20H13FN6/c21-16-9-17-14(2-1-5-23-17)8-15(16)11-27-12-25-19-20(27)26-18(10-24-19)13-3-6-22-7-4-13/h1-7,9-12H,8H2. The second-order valence-corrected chi connectivity index (χ2v) is 6.16. The molecular weight excluding hydrogens is 343 g/mol. The molecule has 0 amide bonds. The first-order valence-electron chi connectivity index (χ1n) is 8.40. The van der Waals surface area contributed by atoms with Crippen LogP contribution in [0.3, 0.4) is 0 Å². The van der Waals surface area contributed by atoms with Gasteiger partial charge < -0.3 is 0 Å². The van der Waals surface area contributed by atoms with Crippen LogP contribution in [0.25, 0.3) is 34.8 Å². The summed E-state index contributed by atoms with van der Waals surface area (Å²) in [6.45, 7) is 0. The molecule has 0 aliphatic heterocycles. The number of allylic oxidation sites excluding steroid dienone is 2. The summed E-state index contributed by atoms with van der Waals surface area (Å²) >= 11 is 0. The second kappa shape index (κ2) is 6.21. The number of imidazole rings is 1. The van der Waals surface area contributed by atoms with E-state index in [1.54, 1.807) is 41.9 Å². The number of fused-ring (bicyclic) bond motifs is 2. The maximum atomic E-state index is 14.5. The van der Waals surface area contributed by atoms with E-state index in [9.17, 15) is 4.39 Å². The maximum absolute atomic E-state index is 14.5. The van der Waals surface area contributed by atoms with Crippen LogP contribution in [-0.4, -0.2) is 29.5 Å². The van der Waals surface area contributed by atoms with Crippen LogP contribution >= 0.6 is 0 Å². The molecule has 0 spiro atoms. The van der Waals surface area contributed by atoms with Crippen molar-refractivity contribution in [3.05, 3.63) is 78.0 Å². The van der Waals surface area contributed by atoms with E-state index >= 15 is 0 Å². The van der Waals surface area contributed by atoms with Crippen LogP contribution in [0.4, 0.5) is 4.39 Å². The van der Waals surface area contributed by atoms with Gasteiger partial charge in [-0.1, -0.05) is 6.07 Å². The quantitative estimate of drug-likeness (QED) is 0.548. The van der Waals surface area contributed by atoms with E-state index in [0.717, 1.165) is 11.1 Å². The molecule has 1 aliphatic carbocycles. The van der Waals surface area contributed by atoms with E-state index in [-0.39, 0.29) is 5.83 Å². The Morgan fingerprint density at radius 2 is 1.93 bits per heavy atom. The third-order valence-electron chi connectivity index (χ3n) is 4.43. The summed E-state index contributed by atoms with van der Waals surface area (Å²) in [5.74, 6) is -0.304. The molecule has 27 heavy (non-hydrogen) atoms. The van der Waals surface area contributed by atoms with Gasteiger partial charge in [0.05, 0.1) is 17.6 Å². The van der Waals surface area contributed by atoms with Crippen molar-refractivity contribution in [2.45, 2.75) is 6.42 Å². The maximum Gasteiger partial charge on any atom is 0.197 e. The molecule has 7 heteroatoms. The number of hydrogen-bond donors (Lipinski definition) is 0. The topological polar surface area (TPSA) is 69.4 Å². The Labute approximate surface area is 153 Å². The molecule has 6 nitrogen and oxygen atoms in total. The smallest absolute Gasteiger partial charge is 0.197 e. The van der Waals surface area contributed by atoms with E-state index in [1.807, 2.05) is 24.3 Å². The van der Waals surface area contributed by atoms with Crippen LogP contribution in [0.15, 0.2) is 66.8 Å². The summed E-state index contributed by atoms with van der Waals surface area (Å²) in [6, 6.07) is 7.53. The second-order valence-electron chi connectivity index (χ2n) is 6.16. The predicted octanol–water partition coefficient (Wildman–Crippen LogP) is 3.69. The Morgan fingerprint density at radius 1 is 1.04 bits per heavy atom. The SMILES string of the molecule is FC1=Cc2ncccc2CC1=Cn1cnc2ncc(-c3ccncc3)nc21. The Balaban J connectivity index is 1.59. The Kier molecular flexibility index (Phi) is 3.57. The first-order chi connectivity index (χ1) is 13.3. The minimum absolute atomic E-state index is 0.304. The normalized spacial score (nSPS) is 15.0.